The van der Waals surface area contributed by atoms with Crippen molar-refractivity contribution in [3.63, 3.8) is 0 Å². The van der Waals surface area contributed by atoms with Gasteiger partial charge in [-0.2, -0.15) is 0 Å². The summed E-state index contributed by atoms with van der Waals surface area (Å²) in [5.74, 6) is -0.0885. The van der Waals surface area contributed by atoms with Crippen LogP contribution in [0.15, 0.2) is 42.5 Å². The molecule has 164 valence electrons. The number of nitrogens with zero attached hydrogens (tertiary/aromatic N) is 1. The van der Waals surface area contributed by atoms with Gasteiger partial charge in [-0.25, -0.2) is 4.39 Å². The van der Waals surface area contributed by atoms with Crippen molar-refractivity contribution in [2.75, 3.05) is 12.8 Å². The van der Waals surface area contributed by atoms with Gasteiger partial charge in [0.1, 0.15) is 11.5 Å². The summed E-state index contributed by atoms with van der Waals surface area (Å²) in [6.45, 7) is -0.250. The molecule has 2 aliphatic heterocycles. The number of benzene rings is 2. The van der Waals surface area contributed by atoms with Crippen molar-refractivity contribution in [3.8, 4) is 11.1 Å². The van der Waals surface area contributed by atoms with Gasteiger partial charge in [-0.05, 0) is 74.0 Å². The minimum atomic E-state index is -0.297. The molecule has 2 aromatic rings. The molecule has 4 N–H and O–H groups in total. The van der Waals surface area contributed by atoms with Crippen LogP contribution in [-0.2, 0) is 9.59 Å². The van der Waals surface area contributed by atoms with E-state index in [9.17, 15) is 9.18 Å². The molecule has 0 aliphatic carbocycles. The Morgan fingerprint density at radius 2 is 1.71 bits per heavy atom. The number of halogens is 1. The third-order valence-corrected chi connectivity index (χ3v) is 6.45. The SMILES string of the molecule is CN1C2CCC1CC(CC(=O)C(=N)c1cc(-c3ccc(F)cc3)ccc1N)C2.O=CO. The first-order valence-corrected chi connectivity index (χ1v) is 10.4. The number of rotatable bonds is 5. The Balaban J connectivity index is 0.000000858. The Bertz CT molecular complexity index is 947. The number of anilines is 1. The van der Waals surface area contributed by atoms with E-state index in [2.05, 4.69) is 11.9 Å². The molecule has 0 amide bonds. The fourth-order valence-electron chi connectivity index (χ4n) is 4.80. The predicted octanol–water partition coefficient (Wildman–Crippen LogP) is 3.98. The number of carbonyl (C=O) groups is 2. The van der Waals surface area contributed by atoms with Crippen molar-refractivity contribution in [3.05, 3.63) is 53.8 Å². The van der Waals surface area contributed by atoms with E-state index in [0.29, 0.717) is 35.7 Å². The van der Waals surface area contributed by atoms with E-state index in [-0.39, 0.29) is 23.8 Å². The lowest BCUT2D eigenvalue weighted by Gasteiger charge is -2.36. The van der Waals surface area contributed by atoms with Crippen LogP contribution in [-0.4, -0.2) is 47.1 Å². The maximum Gasteiger partial charge on any atom is 0.290 e. The standard InChI is InChI=1S/C23H26FN3O.CH2O2/c1-27-18-7-8-19(27)11-14(10-18)12-22(28)23(26)20-13-16(4-9-21(20)25)15-2-5-17(24)6-3-15;2-1-3/h2-6,9,13-14,18-19,26H,7-8,10-12,25H2,1H3;1H,(H,2,3). The number of nitrogens with one attached hydrogen (secondary N) is 1. The van der Waals surface area contributed by atoms with Gasteiger partial charge in [-0.3, -0.25) is 15.0 Å². The molecule has 2 unspecified atom stereocenters. The van der Waals surface area contributed by atoms with Crippen molar-refractivity contribution >= 4 is 23.7 Å². The van der Waals surface area contributed by atoms with Gasteiger partial charge < -0.3 is 15.7 Å². The van der Waals surface area contributed by atoms with Crippen LogP contribution < -0.4 is 5.73 Å². The number of fused-ring (bicyclic) bond motifs is 2. The number of carboxylic acid groups (broad SMARTS) is 1. The molecule has 2 bridgehead atoms. The molecule has 0 radical (unpaired) electrons. The van der Waals surface area contributed by atoms with Gasteiger partial charge >= 0.3 is 0 Å². The molecule has 0 saturated carbocycles. The van der Waals surface area contributed by atoms with E-state index in [1.54, 1.807) is 24.3 Å². The first-order chi connectivity index (χ1) is 14.8. The summed E-state index contributed by atoms with van der Waals surface area (Å²) < 4.78 is 13.2. The van der Waals surface area contributed by atoms with Crippen molar-refractivity contribution in [1.29, 1.82) is 5.41 Å². The molecule has 2 fully saturated rings. The summed E-state index contributed by atoms with van der Waals surface area (Å²) in [4.78, 5) is 23.6. The number of ketones is 1. The van der Waals surface area contributed by atoms with Gasteiger partial charge in [0.2, 0.25) is 0 Å². The van der Waals surface area contributed by atoms with Crippen LogP contribution in [0.25, 0.3) is 11.1 Å². The Kier molecular flexibility index (Phi) is 7.17. The molecule has 4 rings (SSSR count). The van der Waals surface area contributed by atoms with Gasteiger partial charge in [-0.15, -0.1) is 0 Å². The largest absolute Gasteiger partial charge is 0.483 e. The van der Waals surface area contributed by atoms with E-state index < -0.39 is 0 Å². The monoisotopic (exact) mass is 425 g/mol. The average Bonchev–Trinajstić information content (AvgIpc) is 2.95. The quantitative estimate of drug-likeness (QED) is 0.382. The molecule has 7 heteroatoms. The number of hydrogen-bond donors (Lipinski definition) is 3. The molecule has 6 nitrogen and oxygen atoms in total. The van der Waals surface area contributed by atoms with Gasteiger partial charge in [-0.1, -0.05) is 18.2 Å². The summed E-state index contributed by atoms with van der Waals surface area (Å²) >= 11 is 0. The van der Waals surface area contributed by atoms with Crippen molar-refractivity contribution in [2.24, 2.45) is 5.92 Å². The number of piperidine rings is 1. The van der Waals surface area contributed by atoms with Crippen LogP contribution in [0.5, 0.6) is 0 Å². The predicted molar refractivity (Wildman–Crippen MR) is 119 cm³/mol. The highest BCUT2D eigenvalue weighted by Crippen LogP contribution is 2.39. The second-order valence-electron chi connectivity index (χ2n) is 8.30. The minimum Gasteiger partial charge on any atom is -0.483 e. The zero-order valence-corrected chi connectivity index (χ0v) is 17.6. The Morgan fingerprint density at radius 3 is 2.29 bits per heavy atom. The van der Waals surface area contributed by atoms with Crippen LogP contribution in [0.2, 0.25) is 0 Å². The fourth-order valence-corrected chi connectivity index (χ4v) is 4.80. The lowest BCUT2D eigenvalue weighted by Crippen LogP contribution is -2.40. The highest BCUT2D eigenvalue weighted by molar-refractivity contribution is 6.46. The van der Waals surface area contributed by atoms with E-state index in [4.69, 9.17) is 21.0 Å². The van der Waals surface area contributed by atoms with Gasteiger partial charge in [0.25, 0.3) is 6.47 Å². The number of carbonyl (C=O) groups excluding carboxylic acids is 1. The Labute approximate surface area is 181 Å². The van der Waals surface area contributed by atoms with E-state index in [1.165, 1.54) is 25.0 Å². The smallest absolute Gasteiger partial charge is 0.290 e. The molecule has 2 atom stereocenters. The van der Waals surface area contributed by atoms with Crippen molar-refractivity contribution in [2.45, 2.75) is 44.2 Å². The molecule has 0 aromatic heterocycles. The van der Waals surface area contributed by atoms with Crippen molar-refractivity contribution in [1.82, 2.24) is 4.90 Å². The second kappa shape index (κ2) is 9.83. The summed E-state index contributed by atoms with van der Waals surface area (Å²) in [5.41, 5.74) is 8.59. The molecule has 2 saturated heterocycles. The number of nitrogen functional groups attached to an aromatic ring is 1. The van der Waals surface area contributed by atoms with E-state index in [0.717, 1.165) is 24.0 Å². The van der Waals surface area contributed by atoms with E-state index >= 15 is 0 Å². The summed E-state index contributed by atoms with van der Waals surface area (Å²) in [7, 11) is 2.18. The molecule has 2 heterocycles. The molecule has 31 heavy (non-hydrogen) atoms. The zero-order valence-electron chi connectivity index (χ0n) is 17.6. The maximum absolute atomic E-state index is 13.2. The number of Topliss-reactive ketones (excluding diaryl/α,β-unsaturated/α-hetero) is 1. The van der Waals surface area contributed by atoms with Crippen LogP contribution in [0, 0.1) is 17.1 Å². The molecule has 0 spiro atoms. The van der Waals surface area contributed by atoms with Crippen LogP contribution in [0.3, 0.4) is 0 Å². The highest BCUT2D eigenvalue weighted by Gasteiger charge is 2.39. The van der Waals surface area contributed by atoms with Crippen LogP contribution >= 0.6 is 0 Å². The van der Waals surface area contributed by atoms with Gasteiger partial charge in [0.15, 0.2) is 5.78 Å². The first kappa shape index (κ1) is 22.6. The van der Waals surface area contributed by atoms with E-state index in [1.807, 2.05) is 6.07 Å². The molecule has 2 aromatic carbocycles. The summed E-state index contributed by atoms with van der Waals surface area (Å²) in [5, 5.41) is 15.3. The lowest BCUT2D eigenvalue weighted by molar-refractivity contribution is -0.123. The molecule has 2 aliphatic rings. The van der Waals surface area contributed by atoms with Gasteiger partial charge in [0.05, 0.1) is 0 Å². The van der Waals surface area contributed by atoms with Crippen molar-refractivity contribution < 1.29 is 19.1 Å². The first-order valence-electron chi connectivity index (χ1n) is 10.4. The normalized spacial score (nSPS) is 22.3. The third-order valence-electron chi connectivity index (χ3n) is 6.45. The lowest BCUT2D eigenvalue weighted by atomic mass is 9.85. The average molecular weight is 426 g/mol. The van der Waals surface area contributed by atoms with Crippen LogP contribution in [0.4, 0.5) is 10.1 Å². The Morgan fingerprint density at radius 1 is 1.16 bits per heavy atom. The minimum absolute atomic E-state index is 0.0206. The zero-order chi connectivity index (χ0) is 22.5. The Hall–Kier alpha value is -3.06. The fraction of sp³-hybridized carbons (Fsp3) is 0.375. The van der Waals surface area contributed by atoms with Crippen LogP contribution in [0.1, 0.15) is 37.7 Å². The number of nitrogens with two attached hydrogens (primary N) is 1. The summed E-state index contributed by atoms with van der Waals surface area (Å²) in [6.07, 6.45) is 4.93. The molecular weight excluding hydrogens is 397 g/mol. The highest BCUT2D eigenvalue weighted by atomic mass is 19.1. The van der Waals surface area contributed by atoms with Gasteiger partial charge in [0, 0.05) is 29.8 Å². The number of hydrogen-bond acceptors (Lipinski definition) is 5. The maximum atomic E-state index is 13.2. The molecular formula is C24H28FN3O3. The topological polar surface area (TPSA) is 107 Å². The summed E-state index contributed by atoms with van der Waals surface area (Å²) in [6, 6.07) is 12.6. The second-order valence-corrected chi connectivity index (χ2v) is 8.30. The third kappa shape index (κ3) is 5.17.